The molecule has 0 amide bonds. The summed E-state index contributed by atoms with van der Waals surface area (Å²) in [6.45, 7) is 0.180. The number of rotatable bonds is 5. The number of nitrogens with zero attached hydrogens (tertiary/aromatic N) is 1. The van der Waals surface area contributed by atoms with E-state index in [0.717, 1.165) is 36.7 Å². The van der Waals surface area contributed by atoms with E-state index in [9.17, 15) is 14.9 Å². The number of carbonyl (C=O) groups is 1. The van der Waals surface area contributed by atoms with E-state index in [4.69, 9.17) is 4.74 Å². The zero-order chi connectivity index (χ0) is 17.7. The van der Waals surface area contributed by atoms with Gasteiger partial charge in [-0.3, -0.25) is 14.9 Å². The second-order valence-electron chi connectivity index (χ2n) is 8.37. The Morgan fingerprint density at radius 3 is 2.40 bits per heavy atom. The summed E-state index contributed by atoms with van der Waals surface area (Å²) in [7, 11) is 0. The van der Waals surface area contributed by atoms with Gasteiger partial charge >= 0.3 is 5.97 Å². The van der Waals surface area contributed by atoms with Gasteiger partial charge < -0.3 is 4.74 Å². The van der Waals surface area contributed by atoms with Crippen molar-refractivity contribution in [3.8, 4) is 0 Å². The van der Waals surface area contributed by atoms with Gasteiger partial charge in [-0.1, -0.05) is 15.9 Å². The Kier molecular flexibility index (Phi) is 4.13. The summed E-state index contributed by atoms with van der Waals surface area (Å²) >= 11 is 3.97. The van der Waals surface area contributed by atoms with Crippen molar-refractivity contribution in [1.29, 1.82) is 0 Å². The van der Waals surface area contributed by atoms with E-state index >= 15 is 0 Å². The molecule has 4 saturated carbocycles. The molecule has 0 saturated heterocycles. The molecule has 6 heteroatoms. The molecule has 0 aliphatic heterocycles. The van der Waals surface area contributed by atoms with Gasteiger partial charge in [0.05, 0.1) is 11.3 Å². The van der Waals surface area contributed by atoms with Crippen LogP contribution in [0.5, 0.6) is 0 Å². The van der Waals surface area contributed by atoms with Crippen LogP contribution in [0.15, 0.2) is 24.3 Å². The van der Waals surface area contributed by atoms with E-state index in [1.165, 1.54) is 31.4 Å². The van der Waals surface area contributed by atoms with E-state index in [1.54, 1.807) is 12.1 Å². The number of halogens is 1. The Balaban J connectivity index is 1.35. The quantitative estimate of drug-likeness (QED) is 0.305. The summed E-state index contributed by atoms with van der Waals surface area (Å²) in [5.74, 6) is 1.36. The Bertz CT molecular complexity index is 688. The highest BCUT2D eigenvalue weighted by Gasteiger charge is 2.57. The molecule has 0 radical (unpaired) electrons. The van der Waals surface area contributed by atoms with E-state index in [-0.39, 0.29) is 28.0 Å². The van der Waals surface area contributed by atoms with E-state index in [0.29, 0.717) is 6.42 Å². The van der Waals surface area contributed by atoms with Crippen LogP contribution in [0.2, 0.25) is 0 Å². The molecule has 2 unspecified atom stereocenters. The zero-order valence-corrected chi connectivity index (χ0v) is 15.7. The number of nitro benzene ring substituents is 1. The number of nitro groups is 1. The largest absolute Gasteiger partial charge is 0.461 e. The smallest absolute Gasteiger partial charge is 0.306 e. The molecule has 0 N–H and O–H groups in total. The monoisotopic (exact) mass is 407 g/mol. The first-order chi connectivity index (χ1) is 11.8. The van der Waals surface area contributed by atoms with Crippen LogP contribution in [0.4, 0.5) is 5.69 Å². The zero-order valence-electron chi connectivity index (χ0n) is 14.1. The predicted molar refractivity (Wildman–Crippen MR) is 96.3 cm³/mol. The third-order valence-corrected chi connectivity index (χ3v) is 7.11. The van der Waals surface area contributed by atoms with Gasteiger partial charge in [-0.05, 0) is 73.5 Å². The van der Waals surface area contributed by atoms with Crippen LogP contribution in [-0.2, 0) is 16.1 Å². The number of hydrogen-bond donors (Lipinski definition) is 0. The maximum absolute atomic E-state index is 12.4. The maximum atomic E-state index is 12.4. The summed E-state index contributed by atoms with van der Waals surface area (Å²) in [6.07, 6.45) is 7.73. The average Bonchev–Trinajstić information content (AvgIpc) is 2.50. The molecule has 4 fully saturated rings. The summed E-state index contributed by atoms with van der Waals surface area (Å²) in [4.78, 5) is 22.7. The van der Waals surface area contributed by atoms with Gasteiger partial charge in [0.2, 0.25) is 0 Å². The van der Waals surface area contributed by atoms with Crippen molar-refractivity contribution in [2.75, 3.05) is 0 Å². The van der Waals surface area contributed by atoms with E-state index in [2.05, 4.69) is 15.9 Å². The summed E-state index contributed by atoms with van der Waals surface area (Å²) in [5.41, 5.74) is 0.938. The van der Waals surface area contributed by atoms with E-state index in [1.807, 2.05) is 0 Å². The normalized spacial score (nSPS) is 35.6. The molecule has 1 aromatic carbocycles. The Morgan fingerprint density at radius 1 is 1.20 bits per heavy atom. The minimum atomic E-state index is -0.432. The second-order valence-corrected chi connectivity index (χ2v) is 10.1. The molecule has 4 aliphatic carbocycles. The Hall–Kier alpha value is -1.43. The lowest BCUT2D eigenvalue weighted by molar-refractivity contribution is -0.384. The van der Waals surface area contributed by atoms with Crippen molar-refractivity contribution in [1.82, 2.24) is 0 Å². The third kappa shape index (κ3) is 3.46. The molecule has 5 nitrogen and oxygen atoms in total. The van der Waals surface area contributed by atoms with Gasteiger partial charge in [-0.15, -0.1) is 0 Å². The molecule has 4 atom stereocenters. The van der Waals surface area contributed by atoms with Gasteiger partial charge in [0.1, 0.15) is 6.61 Å². The molecule has 5 rings (SSSR count). The number of alkyl halides is 1. The van der Waals surface area contributed by atoms with Crippen molar-refractivity contribution in [2.24, 2.45) is 17.3 Å². The van der Waals surface area contributed by atoms with Crippen LogP contribution in [0.1, 0.15) is 50.5 Å². The topological polar surface area (TPSA) is 69.4 Å². The lowest BCUT2D eigenvalue weighted by atomic mass is 9.49. The average molecular weight is 408 g/mol. The fourth-order valence-electron chi connectivity index (χ4n) is 5.78. The van der Waals surface area contributed by atoms with Crippen LogP contribution in [-0.4, -0.2) is 15.2 Å². The standard InChI is InChI=1S/C19H22BrNO4/c20-19-8-14-5-15(9-19)7-18(6-14,12-19)10-17(22)25-11-13-1-3-16(4-2-13)21(23)24/h1-4,14-15H,5-12H2/t14-,15+,18?,19?. The maximum Gasteiger partial charge on any atom is 0.306 e. The molecule has 1 aromatic rings. The minimum absolute atomic E-state index is 0.0475. The number of hydrogen-bond acceptors (Lipinski definition) is 4. The van der Waals surface area contributed by atoms with Crippen molar-refractivity contribution in [3.63, 3.8) is 0 Å². The number of non-ortho nitro benzene ring substituents is 1. The summed E-state index contributed by atoms with van der Waals surface area (Å²) in [5, 5.41) is 10.7. The molecule has 25 heavy (non-hydrogen) atoms. The van der Waals surface area contributed by atoms with Crippen LogP contribution in [0.25, 0.3) is 0 Å². The predicted octanol–water partition coefficient (Wildman–Crippen LogP) is 4.76. The van der Waals surface area contributed by atoms with Gasteiger partial charge in [-0.25, -0.2) is 0 Å². The highest BCUT2D eigenvalue weighted by Crippen LogP contribution is 2.65. The van der Waals surface area contributed by atoms with Crippen LogP contribution >= 0.6 is 15.9 Å². The number of esters is 1. The van der Waals surface area contributed by atoms with Crippen molar-refractivity contribution >= 4 is 27.6 Å². The van der Waals surface area contributed by atoms with Gasteiger partial charge in [0.15, 0.2) is 0 Å². The highest BCUT2D eigenvalue weighted by atomic mass is 79.9. The van der Waals surface area contributed by atoms with Crippen LogP contribution < -0.4 is 0 Å². The van der Waals surface area contributed by atoms with Gasteiger partial charge in [0.25, 0.3) is 5.69 Å². The highest BCUT2D eigenvalue weighted by molar-refractivity contribution is 9.10. The fraction of sp³-hybridized carbons (Fsp3) is 0.632. The molecule has 0 spiro atoms. The van der Waals surface area contributed by atoms with Gasteiger partial charge in [0, 0.05) is 16.5 Å². The first-order valence-electron chi connectivity index (χ1n) is 8.93. The summed E-state index contributed by atoms with van der Waals surface area (Å²) in [6, 6.07) is 6.17. The Morgan fingerprint density at radius 2 is 1.84 bits per heavy atom. The molecular formula is C19H22BrNO4. The van der Waals surface area contributed by atoms with Crippen molar-refractivity contribution in [2.45, 2.75) is 55.9 Å². The number of benzene rings is 1. The number of carbonyl (C=O) groups excluding carboxylic acids is 1. The van der Waals surface area contributed by atoms with Crippen molar-refractivity contribution in [3.05, 3.63) is 39.9 Å². The third-order valence-electron chi connectivity index (χ3n) is 6.18. The first kappa shape index (κ1) is 17.0. The molecule has 134 valence electrons. The van der Waals surface area contributed by atoms with Crippen molar-refractivity contribution < 1.29 is 14.5 Å². The first-order valence-corrected chi connectivity index (χ1v) is 9.72. The fourth-order valence-corrected chi connectivity index (χ4v) is 7.29. The molecule has 4 bridgehead atoms. The molecule has 4 aliphatic rings. The van der Waals surface area contributed by atoms with E-state index < -0.39 is 4.92 Å². The molecule has 0 heterocycles. The lowest BCUT2D eigenvalue weighted by Crippen LogP contribution is -2.53. The lowest BCUT2D eigenvalue weighted by Gasteiger charge is -2.60. The van der Waals surface area contributed by atoms with Crippen LogP contribution in [0, 0.1) is 27.4 Å². The van der Waals surface area contributed by atoms with Crippen LogP contribution in [0.3, 0.4) is 0 Å². The van der Waals surface area contributed by atoms with Gasteiger partial charge in [-0.2, -0.15) is 0 Å². The molecule has 0 aromatic heterocycles. The molecular weight excluding hydrogens is 386 g/mol. The minimum Gasteiger partial charge on any atom is -0.461 e. The SMILES string of the molecule is O=C(CC12C[C@@H]3C[C@@H](CC(Br)(C3)C1)C2)OCc1ccc([N+](=O)[O-])cc1. The summed E-state index contributed by atoms with van der Waals surface area (Å²) < 4.78 is 5.72. The Labute approximate surface area is 155 Å². The number of ether oxygens (including phenoxy) is 1. The second kappa shape index (κ2) is 6.08.